The van der Waals surface area contributed by atoms with Crippen molar-refractivity contribution in [2.24, 2.45) is 0 Å². The van der Waals surface area contributed by atoms with Gasteiger partial charge in [-0.3, -0.25) is 0 Å². The summed E-state index contributed by atoms with van der Waals surface area (Å²) in [6.45, 7) is 4.23. The normalized spacial score (nSPS) is 12.4. The number of methoxy groups -OCH3 is 1. The molecule has 2 nitrogen and oxygen atoms in total. The standard InChI is InChI=1S/C16H26O2/c1-4-5-6-7-8-9-15(17)14-10-11-16(18-3)13(2)12-14/h10-12,15,17H,4-9H2,1-3H3. The fourth-order valence-corrected chi connectivity index (χ4v) is 2.22. The monoisotopic (exact) mass is 250 g/mol. The summed E-state index contributed by atoms with van der Waals surface area (Å²) in [5.74, 6) is 0.883. The van der Waals surface area contributed by atoms with E-state index in [9.17, 15) is 5.11 Å². The van der Waals surface area contributed by atoms with Gasteiger partial charge in [-0.25, -0.2) is 0 Å². The van der Waals surface area contributed by atoms with E-state index in [1.54, 1.807) is 7.11 Å². The van der Waals surface area contributed by atoms with E-state index >= 15 is 0 Å². The van der Waals surface area contributed by atoms with Crippen molar-refractivity contribution in [3.05, 3.63) is 29.3 Å². The molecule has 0 heterocycles. The van der Waals surface area contributed by atoms with Gasteiger partial charge < -0.3 is 9.84 Å². The van der Waals surface area contributed by atoms with E-state index in [1.165, 1.54) is 25.7 Å². The van der Waals surface area contributed by atoms with E-state index in [-0.39, 0.29) is 6.10 Å². The highest BCUT2D eigenvalue weighted by atomic mass is 16.5. The van der Waals surface area contributed by atoms with E-state index < -0.39 is 0 Å². The van der Waals surface area contributed by atoms with Gasteiger partial charge in [-0.15, -0.1) is 0 Å². The molecule has 1 rings (SSSR count). The average molecular weight is 250 g/mol. The summed E-state index contributed by atoms with van der Waals surface area (Å²) in [6.07, 6.45) is 6.70. The van der Waals surface area contributed by atoms with Crippen molar-refractivity contribution in [2.45, 2.75) is 58.5 Å². The molecule has 0 amide bonds. The van der Waals surface area contributed by atoms with Gasteiger partial charge in [-0.2, -0.15) is 0 Å². The lowest BCUT2D eigenvalue weighted by atomic mass is 10.0. The van der Waals surface area contributed by atoms with Gasteiger partial charge in [0.25, 0.3) is 0 Å². The number of aliphatic hydroxyl groups is 1. The smallest absolute Gasteiger partial charge is 0.121 e. The molecule has 0 aliphatic rings. The molecule has 1 atom stereocenters. The minimum absolute atomic E-state index is 0.337. The van der Waals surface area contributed by atoms with Crippen LogP contribution >= 0.6 is 0 Å². The fraction of sp³-hybridized carbons (Fsp3) is 0.625. The Morgan fingerprint density at radius 1 is 1.17 bits per heavy atom. The van der Waals surface area contributed by atoms with Crippen molar-refractivity contribution >= 4 is 0 Å². The molecule has 0 aliphatic heterocycles. The van der Waals surface area contributed by atoms with Crippen LogP contribution < -0.4 is 4.74 Å². The molecular weight excluding hydrogens is 224 g/mol. The third-order valence-corrected chi connectivity index (χ3v) is 3.38. The van der Waals surface area contributed by atoms with Crippen molar-refractivity contribution in [1.82, 2.24) is 0 Å². The molecule has 0 saturated carbocycles. The van der Waals surface area contributed by atoms with Crippen LogP contribution in [0.3, 0.4) is 0 Å². The van der Waals surface area contributed by atoms with Crippen LogP contribution in [0.15, 0.2) is 18.2 Å². The number of ether oxygens (including phenoxy) is 1. The van der Waals surface area contributed by atoms with E-state index in [2.05, 4.69) is 6.92 Å². The summed E-state index contributed by atoms with van der Waals surface area (Å²) in [4.78, 5) is 0. The largest absolute Gasteiger partial charge is 0.496 e. The maximum absolute atomic E-state index is 10.1. The van der Waals surface area contributed by atoms with Gasteiger partial charge in [0.05, 0.1) is 13.2 Å². The number of aliphatic hydroxyl groups excluding tert-OH is 1. The molecule has 0 fully saturated rings. The highest BCUT2D eigenvalue weighted by Gasteiger charge is 2.09. The van der Waals surface area contributed by atoms with Gasteiger partial charge >= 0.3 is 0 Å². The first-order valence-electron chi connectivity index (χ1n) is 7.01. The third kappa shape index (κ3) is 4.69. The van der Waals surface area contributed by atoms with Crippen molar-refractivity contribution in [2.75, 3.05) is 7.11 Å². The number of benzene rings is 1. The highest BCUT2D eigenvalue weighted by molar-refractivity contribution is 5.36. The lowest BCUT2D eigenvalue weighted by Gasteiger charge is -2.13. The Bertz CT molecular complexity index is 347. The van der Waals surface area contributed by atoms with Gasteiger partial charge in [0.2, 0.25) is 0 Å². The summed E-state index contributed by atoms with van der Waals surface area (Å²) in [5, 5.41) is 10.1. The van der Waals surface area contributed by atoms with Gasteiger partial charge in [0, 0.05) is 0 Å². The number of aryl methyl sites for hydroxylation is 1. The zero-order valence-corrected chi connectivity index (χ0v) is 11.9. The molecular formula is C16H26O2. The van der Waals surface area contributed by atoms with E-state index in [0.29, 0.717) is 0 Å². The fourth-order valence-electron chi connectivity index (χ4n) is 2.22. The summed E-state index contributed by atoms with van der Waals surface area (Å²) in [6, 6.07) is 5.92. The Morgan fingerprint density at radius 2 is 1.89 bits per heavy atom. The molecule has 18 heavy (non-hydrogen) atoms. The van der Waals surface area contributed by atoms with Gasteiger partial charge in [0.1, 0.15) is 5.75 Å². The zero-order valence-electron chi connectivity index (χ0n) is 11.9. The predicted octanol–water partition coefficient (Wildman–Crippen LogP) is 4.40. The second kappa shape index (κ2) is 8.15. The van der Waals surface area contributed by atoms with E-state index in [1.807, 2.05) is 25.1 Å². The molecule has 2 heteroatoms. The molecule has 0 saturated heterocycles. The van der Waals surface area contributed by atoms with Crippen molar-refractivity contribution in [3.8, 4) is 5.75 Å². The van der Waals surface area contributed by atoms with Crippen LogP contribution in [0.1, 0.15) is 62.7 Å². The van der Waals surface area contributed by atoms with Crippen LogP contribution in [0.25, 0.3) is 0 Å². The average Bonchev–Trinajstić information content (AvgIpc) is 2.38. The SMILES string of the molecule is CCCCCCCC(O)c1ccc(OC)c(C)c1. The molecule has 0 aromatic heterocycles. The summed E-state index contributed by atoms with van der Waals surface area (Å²) in [5.41, 5.74) is 2.09. The lowest BCUT2D eigenvalue weighted by Crippen LogP contribution is -1.99. The minimum Gasteiger partial charge on any atom is -0.496 e. The molecule has 1 aromatic rings. The second-order valence-electron chi connectivity index (χ2n) is 4.95. The van der Waals surface area contributed by atoms with Crippen LogP contribution in [-0.4, -0.2) is 12.2 Å². The van der Waals surface area contributed by atoms with Crippen LogP contribution in [0, 0.1) is 6.92 Å². The first-order valence-corrected chi connectivity index (χ1v) is 7.01. The Hall–Kier alpha value is -1.02. The van der Waals surface area contributed by atoms with Crippen molar-refractivity contribution in [1.29, 1.82) is 0 Å². The maximum atomic E-state index is 10.1. The lowest BCUT2D eigenvalue weighted by molar-refractivity contribution is 0.163. The Balaban J connectivity index is 2.41. The maximum Gasteiger partial charge on any atom is 0.121 e. The predicted molar refractivity (Wildman–Crippen MR) is 76.1 cm³/mol. The summed E-state index contributed by atoms with van der Waals surface area (Å²) in [7, 11) is 1.67. The Labute approximate surface area is 111 Å². The van der Waals surface area contributed by atoms with E-state index in [4.69, 9.17) is 4.74 Å². The molecule has 1 N–H and O–H groups in total. The molecule has 0 spiro atoms. The first-order chi connectivity index (χ1) is 8.69. The van der Waals surface area contributed by atoms with Crippen molar-refractivity contribution < 1.29 is 9.84 Å². The zero-order chi connectivity index (χ0) is 13.4. The molecule has 0 radical (unpaired) electrons. The van der Waals surface area contributed by atoms with Gasteiger partial charge in [-0.1, -0.05) is 45.1 Å². The number of hydrogen-bond acceptors (Lipinski definition) is 2. The Morgan fingerprint density at radius 3 is 2.50 bits per heavy atom. The van der Waals surface area contributed by atoms with Crippen LogP contribution in [0.5, 0.6) is 5.75 Å². The second-order valence-corrected chi connectivity index (χ2v) is 4.95. The summed E-state index contributed by atoms with van der Waals surface area (Å²) >= 11 is 0. The highest BCUT2D eigenvalue weighted by Crippen LogP contribution is 2.25. The first kappa shape index (κ1) is 15.0. The van der Waals surface area contributed by atoms with E-state index in [0.717, 1.165) is 29.7 Å². The number of rotatable bonds is 8. The molecule has 0 bridgehead atoms. The third-order valence-electron chi connectivity index (χ3n) is 3.38. The van der Waals surface area contributed by atoms with Crippen LogP contribution in [0.4, 0.5) is 0 Å². The molecule has 1 aromatic carbocycles. The number of hydrogen-bond donors (Lipinski definition) is 1. The molecule has 1 unspecified atom stereocenters. The summed E-state index contributed by atoms with van der Waals surface area (Å²) < 4.78 is 5.22. The molecule has 0 aliphatic carbocycles. The quantitative estimate of drug-likeness (QED) is 0.693. The Kier molecular flexibility index (Phi) is 6.81. The molecule has 102 valence electrons. The minimum atomic E-state index is -0.337. The van der Waals surface area contributed by atoms with Gasteiger partial charge in [-0.05, 0) is 36.6 Å². The van der Waals surface area contributed by atoms with Crippen LogP contribution in [0.2, 0.25) is 0 Å². The van der Waals surface area contributed by atoms with Crippen LogP contribution in [-0.2, 0) is 0 Å². The van der Waals surface area contributed by atoms with Crippen molar-refractivity contribution in [3.63, 3.8) is 0 Å². The topological polar surface area (TPSA) is 29.5 Å². The number of unbranched alkanes of at least 4 members (excludes halogenated alkanes) is 4. The van der Waals surface area contributed by atoms with Gasteiger partial charge in [0.15, 0.2) is 0 Å².